The molecule has 0 radical (unpaired) electrons. The fourth-order valence-electron chi connectivity index (χ4n) is 3.63. The van der Waals surface area contributed by atoms with E-state index in [1.165, 1.54) is 0 Å². The Morgan fingerprint density at radius 2 is 2.04 bits per heavy atom. The number of nitrogens with zero attached hydrogens (tertiary/aromatic N) is 2. The Hall–Kier alpha value is -2.53. The van der Waals surface area contributed by atoms with Crippen molar-refractivity contribution in [2.24, 2.45) is 0 Å². The predicted octanol–water partition coefficient (Wildman–Crippen LogP) is 4.18. The van der Waals surface area contributed by atoms with Crippen molar-refractivity contribution in [3.8, 4) is 11.5 Å². The third kappa shape index (κ3) is 3.07. The van der Waals surface area contributed by atoms with E-state index in [0.717, 1.165) is 53.4 Å². The van der Waals surface area contributed by atoms with Crippen LogP contribution in [0.4, 0.5) is 0 Å². The molecule has 25 heavy (non-hydrogen) atoms. The zero-order valence-electron chi connectivity index (χ0n) is 14.6. The molecule has 4 rings (SSSR count). The molecule has 1 fully saturated rings. The first kappa shape index (κ1) is 16.0. The van der Waals surface area contributed by atoms with Gasteiger partial charge in [0.2, 0.25) is 5.89 Å². The van der Waals surface area contributed by atoms with Crippen molar-refractivity contribution in [1.29, 1.82) is 0 Å². The SMILES string of the molecule is COc1ccc(OC)c(C2CCCN2Cc2nc3ccccc3o2)c1. The zero-order valence-corrected chi connectivity index (χ0v) is 14.6. The summed E-state index contributed by atoms with van der Waals surface area (Å²) in [5.74, 6) is 2.51. The number of fused-ring (bicyclic) bond motifs is 1. The van der Waals surface area contributed by atoms with Crippen LogP contribution in [0.1, 0.15) is 30.3 Å². The molecule has 3 aromatic rings. The van der Waals surface area contributed by atoms with Crippen LogP contribution in [0.25, 0.3) is 11.1 Å². The van der Waals surface area contributed by atoms with Crippen LogP contribution in [0.15, 0.2) is 46.9 Å². The Morgan fingerprint density at radius 1 is 1.16 bits per heavy atom. The van der Waals surface area contributed by atoms with Crippen molar-refractivity contribution < 1.29 is 13.9 Å². The molecule has 130 valence electrons. The van der Waals surface area contributed by atoms with Gasteiger partial charge in [-0.25, -0.2) is 4.98 Å². The van der Waals surface area contributed by atoms with Gasteiger partial charge in [-0.3, -0.25) is 4.90 Å². The minimum absolute atomic E-state index is 0.278. The lowest BCUT2D eigenvalue weighted by Gasteiger charge is -2.25. The molecule has 1 aliphatic heterocycles. The van der Waals surface area contributed by atoms with E-state index in [4.69, 9.17) is 13.9 Å². The standard InChI is InChI=1S/C20H22N2O3/c1-23-14-9-10-18(24-2)15(12-14)17-7-5-11-22(17)13-20-21-16-6-3-4-8-19(16)25-20/h3-4,6,8-10,12,17H,5,7,11,13H2,1-2H3. The zero-order chi connectivity index (χ0) is 17.2. The van der Waals surface area contributed by atoms with Crippen molar-refractivity contribution in [3.63, 3.8) is 0 Å². The lowest BCUT2D eigenvalue weighted by atomic mass is 10.0. The second kappa shape index (κ2) is 6.76. The fourth-order valence-corrected chi connectivity index (χ4v) is 3.63. The van der Waals surface area contributed by atoms with Gasteiger partial charge in [-0.2, -0.15) is 0 Å². The van der Waals surface area contributed by atoms with Gasteiger partial charge >= 0.3 is 0 Å². The summed E-state index contributed by atoms with van der Waals surface area (Å²) in [5, 5.41) is 0. The Bertz CT molecular complexity index is 841. The average Bonchev–Trinajstić information content (AvgIpc) is 3.27. The van der Waals surface area contributed by atoms with Gasteiger partial charge < -0.3 is 13.9 Å². The smallest absolute Gasteiger partial charge is 0.209 e. The van der Waals surface area contributed by atoms with E-state index in [0.29, 0.717) is 6.54 Å². The van der Waals surface area contributed by atoms with Crippen molar-refractivity contribution >= 4 is 11.1 Å². The van der Waals surface area contributed by atoms with Crippen molar-refractivity contribution in [1.82, 2.24) is 9.88 Å². The number of aromatic nitrogens is 1. The minimum atomic E-state index is 0.278. The van der Waals surface area contributed by atoms with Gasteiger partial charge in [0, 0.05) is 11.6 Å². The molecule has 0 bridgehead atoms. The number of hydrogen-bond acceptors (Lipinski definition) is 5. The highest BCUT2D eigenvalue weighted by molar-refractivity contribution is 5.72. The normalized spacial score (nSPS) is 17.9. The molecule has 0 saturated carbocycles. The van der Waals surface area contributed by atoms with E-state index in [2.05, 4.69) is 16.0 Å². The van der Waals surface area contributed by atoms with Crippen molar-refractivity contribution in [2.75, 3.05) is 20.8 Å². The lowest BCUT2D eigenvalue weighted by Crippen LogP contribution is -2.23. The molecule has 0 aliphatic carbocycles. The van der Waals surface area contributed by atoms with Crippen molar-refractivity contribution in [3.05, 3.63) is 53.9 Å². The average molecular weight is 338 g/mol. The summed E-state index contributed by atoms with van der Waals surface area (Å²) in [7, 11) is 3.40. The van der Waals surface area contributed by atoms with Gasteiger partial charge in [0.05, 0.1) is 20.8 Å². The van der Waals surface area contributed by atoms with Gasteiger partial charge in [-0.1, -0.05) is 12.1 Å². The van der Waals surface area contributed by atoms with Crippen LogP contribution in [0.5, 0.6) is 11.5 Å². The van der Waals surface area contributed by atoms with Crippen LogP contribution in [-0.4, -0.2) is 30.6 Å². The van der Waals surface area contributed by atoms with E-state index in [1.807, 2.05) is 36.4 Å². The van der Waals surface area contributed by atoms with Gasteiger partial charge in [-0.05, 0) is 49.7 Å². The van der Waals surface area contributed by atoms with E-state index < -0.39 is 0 Å². The summed E-state index contributed by atoms with van der Waals surface area (Å²) >= 11 is 0. The van der Waals surface area contributed by atoms with Gasteiger partial charge in [-0.15, -0.1) is 0 Å². The maximum atomic E-state index is 5.91. The van der Waals surface area contributed by atoms with Crippen LogP contribution >= 0.6 is 0 Å². The van der Waals surface area contributed by atoms with Gasteiger partial charge in [0.25, 0.3) is 0 Å². The Labute approximate surface area is 147 Å². The van der Waals surface area contributed by atoms with E-state index in [-0.39, 0.29) is 6.04 Å². The number of oxazole rings is 1. The summed E-state index contributed by atoms with van der Waals surface area (Å²) in [6.45, 7) is 1.71. The highest BCUT2D eigenvalue weighted by Crippen LogP contribution is 2.39. The van der Waals surface area contributed by atoms with E-state index in [1.54, 1.807) is 14.2 Å². The third-order valence-corrected chi connectivity index (χ3v) is 4.84. The molecule has 2 heterocycles. The number of para-hydroxylation sites is 2. The van der Waals surface area contributed by atoms with Crippen LogP contribution in [-0.2, 0) is 6.54 Å². The van der Waals surface area contributed by atoms with E-state index >= 15 is 0 Å². The first-order valence-corrected chi connectivity index (χ1v) is 8.59. The summed E-state index contributed by atoms with van der Waals surface area (Å²) in [6, 6.07) is 14.2. The Morgan fingerprint density at radius 3 is 2.84 bits per heavy atom. The summed E-state index contributed by atoms with van der Waals surface area (Å²) in [4.78, 5) is 7.02. The fraction of sp³-hybridized carbons (Fsp3) is 0.350. The largest absolute Gasteiger partial charge is 0.497 e. The first-order valence-electron chi connectivity index (χ1n) is 8.59. The van der Waals surface area contributed by atoms with Gasteiger partial charge in [0.1, 0.15) is 17.0 Å². The second-order valence-corrected chi connectivity index (χ2v) is 6.31. The number of likely N-dealkylation sites (tertiary alicyclic amines) is 1. The van der Waals surface area contributed by atoms with E-state index in [9.17, 15) is 0 Å². The lowest BCUT2D eigenvalue weighted by molar-refractivity contribution is 0.221. The number of ether oxygens (including phenoxy) is 2. The molecule has 1 atom stereocenters. The maximum absolute atomic E-state index is 5.91. The highest BCUT2D eigenvalue weighted by atomic mass is 16.5. The first-order chi connectivity index (χ1) is 12.3. The molecule has 0 N–H and O–H groups in total. The minimum Gasteiger partial charge on any atom is -0.497 e. The summed E-state index contributed by atoms with van der Waals surface area (Å²) in [6.07, 6.45) is 2.23. The van der Waals surface area contributed by atoms with Crippen LogP contribution in [0.2, 0.25) is 0 Å². The molecular weight excluding hydrogens is 316 g/mol. The van der Waals surface area contributed by atoms with Crippen LogP contribution in [0, 0.1) is 0 Å². The van der Waals surface area contributed by atoms with Crippen LogP contribution in [0.3, 0.4) is 0 Å². The van der Waals surface area contributed by atoms with Crippen molar-refractivity contribution in [2.45, 2.75) is 25.4 Å². The third-order valence-electron chi connectivity index (χ3n) is 4.84. The molecule has 5 nitrogen and oxygen atoms in total. The summed E-state index contributed by atoms with van der Waals surface area (Å²) in [5.41, 5.74) is 2.91. The Kier molecular flexibility index (Phi) is 4.32. The number of methoxy groups -OCH3 is 2. The van der Waals surface area contributed by atoms with Crippen LogP contribution < -0.4 is 9.47 Å². The number of benzene rings is 2. The molecule has 1 saturated heterocycles. The molecule has 1 aromatic heterocycles. The Balaban J connectivity index is 1.62. The second-order valence-electron chi connectivity index (χ2n) is 6.31. The quantitative estimate of drug-likeness (QED) is 0.698. The molecule has 0 spiro atoms. The topological polar surface area (TPSA) is 47.7 Å². The molecule has 5 heteroatoms. The molecule has 0 amide bonds. The molecule has 2 aromatic carbocycles. The monoisotopic (exact) mass is 338 g/mol. The molecule has 1 aliphatic rings. The highest BCUT2D eigenvalue weighted by Gasteiger charge is 2.30. The molecular formula is C20H22N2O3. The summed E-state index contributed by atoms with van der Waals surface area (Å²) < 4.78 is 16.9. The van der Waals surface area contributed by atoms with Gasteiger partial charge in [0.15, 0.2) is 5.58 Å². The number of rotatable bonds is 5. The molecule has 1 unspecified atom stereocenters. The predicted molar refractivity (Wildman–Crippen MR) is 95.9 cm³/mol. The number of hydrogen-bond donors (Lipinski definition) is 0. The maximum Gasteiger partial charge on any atom is 0.209 e.